The molecule has 1 amide bonds. The van der Waals surface area contributed by atoms with E-state index in [0.29, 0.717) is 6.54 Å². The number of amides is 1. The van der Waals surface area contributed by atoms with Gasteiger partial charge in [0.25, 0.3) is 0 Å². The quantitative estimate of drug-likeness (QED) is 0.903. The van der Waals surface area contributed by atoms with Crippen molar-refractivity contribution in [1.29, 1.82) is 0 Å². The first-order valence-corrected chi connectivity index (χ1v) is 8.39. The van der Waals surface area contributed by atoms with Crippen LogP contribution in [-0.2, 0) is 11.8 Å². The third kappa shape index (κ3) is 3.66. The van der Waals surface area contributed by atoms with Gasteiger partial charge in [-0.05, 0) is 37.5 Å². The van der Waals surface area contributed by atoms with Crippen molar-refractivity contribution in [3.8, 4) is 5.75 Å². The Labute approximate surface area is 146 Å². The van der Waals surface area contributed by atoms with E-state index in [1.54, 1.807) is 21.8 Å². The topological polar surface area (TPSA) is 59.4 Å². The Hall–Kier alpha value is -2.41. The van der Waals surface area contributed by atoms with Gasteiger partial charge in [-0.2, -0.15) is 5.10 Å². The zero-order valence-electron chi connectivity index (χ0n) is 14.7. The van der Waals surface area contributed by atoms with E-state index < -0.39 is 5.82 Å². The van der Waals surface area contributed by atoms with Crippen molar-refractivity contribution < 1.29 is 13.9 Å². The smallest absolute Gasteiger partial charge is 0.244 e. The number of carbonyl (C=O) groups is 1. The molecular weight excluding hydrogens is 323 g/mol. The van der Waals surface area contributed by atoms with Crippen molar-refractivity contribution in [2.45, 2.75) is 31.8 Å². The highest BCUT2D eigenvalue weighted by Gasteiger charge is 2.31. The highest BCUT2D eigenvalue weighted by molar-refractivity contribution is 5.97. The number of carbonyl (C=O) groups excluding carboxylic acids is 1. The molecule has 0 radical (unpaired) electrons. The zero-order valence-corrected chi connectivity index (χ0v) is 14.7. The average molecular weight is 346 g/mol. The van der Waals surface area contributed by atoms with E-state index in [1.165, 1.54) is 13.2 Å². The second-order valence-corrected chi connectivity index (χ2v) is 6.34. The van der Waals surface area contributed by atoms with E-state index in [0.717, 1.165) is 24.1 Å². The molecule has 3 rings (SSSR count). The van der Waals surface area contributed by atoms with Crippen LogP contribution in [0.4, 0.5) is 10.1 Å². The summed E-state index contributed by atoms with van der Waals surface area (Å²) in [7, 11) is 3.27. The first kappa shape index (κ1) is 17.4. The first-order valence-electron chi connectivity index (χ1n) is 8.39. The van der Waals surface area contributed by atoms with Gasteiger partial charge in [0.05, 0.1) is 25.0 Å². The molecule has 25 heavy (non-hydrogen) atoms. The molecule has 0 spiro atoms. The normalized spacial score (nSPS) is 19.1. The number of aromatic nitrogens is 2. The lowest BCUT2D eigenvalue weighted by molar-refractivity contribution is -0.122. The van der Waals surface area contributed by atoms with Crippen LogP contribution in [0.1, 0.15) is 31.4 Å². The molecule has 0 aliphatic carbocycles. The van der Waals surface area contributed by atoms with Gasteiger partial charge in [-0.15, -0.1) is 0 Å². The SMILES string of the molecule is COc1ccc([C@H](C)N[C@H]2CCCN(c3cnn(C)c3)C2=O)cc1F. The van der Waals surface area contributed by atoms with Crippen LogP contribution in [0.3, 0.4) is 0 Å². The summed E-state index contributed by atoms with van der Waals surface area (Å²) in [4.78, 5) is 14.6. The Bertz CT molecular complexity index is 761. The summed E-state index contributed by atoms with van der Waals surface area (Å²) in [6.07, 6.45) is 5.20. The zero-order chi connectivity index (χ0) is 18.0. The Morgan fingerprint density at radius 3 is 2.88 bits per heavy atom. The largest absolute Gasteiger partial charge is 0.494 e. The fraction of sp³-hybridized carbons (Fsp3) is 0.444. The van der Waals surface area contributed by atoms with Crippen LogP contribution in [0.2, 0.25) is 0 Å². The maximum absolute atomic E-state index is 13.9. The van der Waals surface area contributed by atoms with Gasteiger partial charge in [0.2, 0.25) is 5.91 Å². The number of methoxy groups -OCH3 is 1. The molecule has 2 aromatic rings. The molecule has 1 aromatic carbocycles. The van der Waals surface area contributed by atoms with Crippen LogP contribution >= 0.6 is 0 Å². The van der Waals surface area contributed by atoms with E-state index in [-0.39, 0.29) is 23.7 Å². The predicted octanol–water partition coefficient (Wildman–Crippen LogP) is 2.41. The fourth-order valence-corrected chi connectivity index (χ4v) is 3.18. The minimum absolute atomic E-state index is 0.0279. The van der Waals surface area contributed by atoms with Crippen LogP contribution in [0.15, 0.2) is 30.6 Å². The summed E-state index contributed by atoms with van der Waals surface area (Å²) >= 11 is 0. The number of nitrogens with zero attached hydrogens (tertiary/aromatic N) is 3. The minimum atomic E-state index is -0.402. The van der Waals surface area contributed by atoms with Crippen LogP contribution < -0.4 is 15.0 Å². The molecule has 0 saturated carbocycles. The van der Waals surface area contributed by atoms with E-state index in [4.69, 9.17) is 4.74 Å². The highest BCUT2D eigenvalue weighted by atomic mass is 19.1. The van der Waals surface area contributed by atoms with Gasteiger partial charge in [0.1, 0.15) is 0 Å². The number of hydrogen-bond donors (Lipinski definition) is 1. The molecule has 0 bridgehead atoms. The second-order valence-electron chi connectivity index (χ2n) is 6.34. The van der Waals surface area contributed by atoms with Gasteiger partial charge in [0, 0.05) is 25.8 Å². The Morgan fingerprint density at radius 1 is 1.44 bits per heavy atom. The van der Waals surface area contributed by atoms with E-state index >= 15 is 0 Å². The van der Waals surface area contributed by atoms with Crippen molar-refractivity contribution in [2.24, 2.45) is 7.05 Å². The molecule has 134 valence electrons. The number of piperidine rings is 1. The Kier molecular flexibility index (Phi) is 5.03. The molecule has 1 saturated heterocycles. The van der Waals surface area contributed by atoms with Crippen LogP contribution in [0.5, 0.6) is 5.75 Å². The van der Waals surface area contributed by atoms with Gasteiger partial charge in [0.15, 0.2) is 11.6 Å². The standard InChI is InChI=1S/C18H23FN4O2/c1-12(13-6-7-17(25-3)15(19)9-13)21-16-5-4-8-23(18(16)24)14-10-20-22(2)11-14/h6-7,9-12,16,21H,4-5,8H2,1-3H3/t12-,16-/m0/s1. The number of halogens is 1. The molecule has 6 nitrogen and oxygen atoms in total. The monoisotopic (exact) mass is 346 g/mol. The molecule has 1 aromatic heterocycles. The lowest BCUT2D eigenvalue weighted by Crippen LogP contribution is -2.51. The highest BCUT2D eigenvalue weighted by Crippen LogP contribution is 2.25. The molecule has 2 heterocycles. The van der Waals surface area contributed by atoms with Crippen molar-refractivity contribution in [2.75, 3.05) is 18.6 Å². The molecule has 1 N–H and O–H groups in total. The number of hydrogen-bond acceptors (Lipinski definition) is 4. The maximum atomic E-state index is 13.9. The van der Waals surface area contributed by atoms with Gasteiger partial charge in [-0.1, -0.05) is 6.07 Å². The summed E-state index contributed by atoms with van der Waals surface area (Å²) in [6.45, 7) is 2.62. The van der Waals surface area contributed by atoms with Crippen molar-refractivity contribution in [1.82, 2.24) is 15.1 Å². The molecule has 2 atom stereocenters. The molecule has 1 fully saturated rings. The number of rotatable bonds is 5. The average Bonchev–Trinajstić information content (AvgIpc) is 3.02. The second kappa shape index (κ2) is 7.23. The molecular formula is C18H23FN4O2. The summed E-state index contributed by atoms with van der Waals surface area (Å²) in [5.74, 6) is -0.159. The Balaban J connectivity index is 1.71. The minimum Gasteiger partial charge on any atom is -0.494 e. The molecule has 7 heteroatoms. The van der Waals surface area contributed by atoms with E-state index in [9.17, 15) is 9.18 Å². The van der Waals surface area contributed by atoms with Crippen LogP contribution in [-0.4, -0.2) is 35.4 Å². The molecule has 0 unspecified atom stereocenters. The van der Waals surface area contributed by atoms with E-state index in [2.05, 4.69) is 10.4 Å². The first-order chi connectivity index (χ1) is 12.0. The maximum Gasteiger partial charge on any atom is 0.244 e. The summed E-state index contributed by atoms with van der Waals surface area (Å²) < 4.78 is 20.5. The fourth-order valence-electron chi connectivity index (χ4n) is 3.18. The third-order valence-electron chi connectivity index (χ3n) is 4.57. The van der Waals surface area contributed by atoms with Crippen LogP contribution in [0.25, 0.3) is 0 Å². The predicted molar refractivity (Wildman–Crippen MR) is 93.1 cm³/mol. The third-order valence-corrected chi connectivity index (χ3v) is 4.57. The summed E-state index contributed by atoms with van der Waals surface area (Å²) in [6, 6.07) is 4.42. The summed E-state index contributed by atoms with van der Waals surface area (Å²) in [5, 5.41) is 7.46. The number of anilines is 1. The van der Waals surface area contributed by atoms with Crippen LogP contribution in [0, 0.1) is 5.82 Å². The molecule has 1 aliphatic heterocycles. The van der Waals surface area contributed by atoms with Gasteiger partial charge in [-0.25, -0.2) is 4.39 Å². The van der Waals surface area contributed by atoms with Gasteiger partial charge < -0.3 is 9.64 Å². The summed E-state index contributed by atoms with van der Waals surface area (Å²) in [5.41, 5.74) is 1.59. The van der Waals surface area contributed by atoms with Crippen molar-refractivity contribution >= 4 is 11.6 Å². The van der Waals surface area contributed by atoms with Crippen molar-refractivity contribution in [3.05, 3.63) is 42.0 Å². The lowest BCUT2D eigenvalue weighted by Gasteiger charge is -2.33. The molecule has 1 aliphatic rings. The van der Waals surface area contributed by atoms with E-state index in [1.807, 2.05) is 26.2 Å². The Morgan fingerprint density at radius 2 is 2.24 bits per heavy atom. The van der Waals surface area contributed by atoms with Gasteiger partial charge in [-0.3, -0.25) is 14.8 Å². The van der Waals surface area contributed by atoms with Gasteiger partial charge >= 0.3 is 0 Å². The van der Waals surface area contributed by atoms with Crippen molar-refractivity contribution in [3.63, 3.8) is 0 Å². The number of ether oxygens (including phenoxy) is 1. The number of nitrogens with one attached hydrogen (secondary N) is 1. The number of aryl methyl sites for hydroxylation is 1. The lowest BCUT2D eigenvalue weighted by atomic mass is 10.0. The number of benzene rings is 1.